The number of hydrogen-bond donors (Lipinski definition) is 1. The smallest absolute Gasteiger partial charge is 0.374 e. The van der Waals surface area contributed by atoms with Crippen LogP contribution >= 0.6 is 15.9 Å². The van der Waals surface area contributed by atoms with Crippen LogP contribution in [-0.2, 0) is 14.3 Å². The molecule has 1 aliphatic heterocycles. The second-order valence-electron chi connectivity index (χ2n) is 5.42. The maximum absolute atomic E-state index is 11.9. The molecule has 25 heavy (non-hydrogen) atoms. The van der Waals surface area contributed by atoms with Gasteiger partial charge in [0.25, 0.3) is 5.91 Å². The van der Waals surface area contributed by atoms with E-state index in [1.165, 1.54) is 6.07 Å². The summed E-state index contributed by atoms with van der Waals surface area (Å²) in [7, 11) is 0. The molecule has 1 fully saturated rings. The summed E-state index contributed by atoms with van der Waals surface area (Å²) < 4.78 is 10.3. The molecule has 8 heteroatoms. The van der Waals surface area contributed by atoms with E-state index in [1.807, 2.05) is 0 Å². The van der Waals surface area contributed by atoms with Gasteiger partial charge in [-0.2, -0.15) is 0 Å². The molecule has 1 aromatic heterocycles. The van der Waals surface area contributed by atoms with Crippen molar-refractivity contribution in [1.82, 2.24) is 0 Å². The lowest BCUT2D eigenvalue weighted by Gasteiger charge is -2.16. The normalized spacial score (nSPS) is 13.8. The first kappa shape index (κ1) is 17.2. The Hall–Kier alpha value is -2.61. The van der Waals surface area contributed by atoms with Gasteiger partial charge in [-0.1, -0.05) is 0 Å². The fourth-order valence-corrected chi connectivity index (χ4v) is 2.78. The van der Waals surface area contributed by atoms with Crippen molar-refractivity contribution in [1.29, 1.82) is 0 Å². The third-order valence-corrected chi connectivity index (χ3v) is 4.07. The zero-order valence-electron chi connectivity index (χ0n) is 13.2. The molecular weight excluding hydrogens is 392 g/mol. The third kappa shape index (κ3) is 4.27. The van der Waals surface area contributed by atoms with Crippen molar-refractivity contribution in [2.75, 3.05) is 23.4 Å². The molecule has 1 saturated heterocycles. The predicted octanol–water partition coefficient (Wildman–Crippen LogP) is 2.96. The van der Waals surface area contributed by atoms with Crippen LogP contribution in [0, 0.1) is 0 Å². The highest BCUT2D eigenvalue weighted by atomic mass is 79.9. The van der Waals surface area contributed by atoms with Gasteiger partial charge < -0.3 is 19.4 Å². The van der Waals surface area contributed by atoms with E-state index in [0.29, 0.717) is 23.3 Å². The van der Waals surface area contributed by atoms with Gasteiger partial charge in [0.1, 0.15) is 0 Å². The summed E-state index contributed by atoms with van der Waals surface area (Å²) in [5.41, 5.74) is 1.35. The van der Waals surface area contributed by atoms with Crippen LogP contribution in [0.15, 0.2) is 45.5 Å². The number of rotatable bonds is 5. The summed E-state index contributed by atoms with van der Waals surface area (Å²) in [6, 6.07) is 9.94. The summed E-state index contributed by atoms with van der Waals surface area (Å²) in [6.45, 7) is 0.285. The molecule has 3 rings (SSSR count). The number of carbonyl (C=O) groups excluding carboxylic acids is 3. The zero-order valence-corrected chi connectivity index (χ0v) is 14.7. The molecule has 0 unspecified atom stereocenters. The number of furan rings is 1. The van der Waals surface area contributed by atoms with E-state index < -0.39 is 18.5 Å². The third-order valence-electron chi connectivity index (χ3n) is 3.64. The molecule has 1 aliphatic rings. The van der Waals surface area contributed by atoms with Gasteiger partial charge in [-0.15, -0.1) is 0 Å². The summed E-state index contributed by atoms with van der Waals surface area (Å²) in [5, 5.41) is 2.62. The van der Waals surface area contributed by atoms with E-state index >= 15 is 0 Å². The summed E-state index contributed by atoms with van der Waals surface area (Å²) in [6.07, 6.45) is 1.42. The van der Waals surface area contributed by atoms with E-state index in [2.05, 4.69) is 21.2 Å². The van der Waals surface area contributed by atoms with Gasteiger partial charge in [0.15, 0.2) is 11.3 Å². The number of ether oxygens (including phenoxy) is 1. The highest BCUT2D eigenvalue weighted by molar-refractivity contribution is 9.10. The minimum atomic E-state index is -0.719. The topological polar surface area (TPSA) is 88.8 Å². The number of esters is 1. The lowest BCUT2D eigenvalue weighted by molar-refractivity contribution is -0.119. The van der Waals surface area contributed by atoms with Crippen molar-refractivity contribution in [2.45, 2.75) is 12.8 Å². The van der Waals surface area contributed by atoms with Crippen molar-refractivity contribution in [2.24, 2.45) is 0 Å². The monoisotopic (exact) mass is 406 g/mol. The SMILES string of the molecule is O=C(COC(=O)c1ccc(Br)o1)Nc1ccc(N2CCCC2=O)cc1. The lowest BCUT2D eigenvalue weighted by Crippen LogP contribution is -2.23. The van der Waals surface area contributed by atoms with Crippen LogP contribution in [0.2, 0.25) is 0 Å². The first-order valence-electron chi connectivity index (χ1n) is 7.66. The Morgan fingerprint density at radius 1 is 1.20 bits per heavy atom. The average Bonchev–Trinajstić information content (AvgIpc) is 3.22. The molecule has 0 saturated carbocycles. The zero-order chi connectivity index (χ0) is 17.8. The molecule has 0 aliphatic carbocycles. The standard InChI is InChI=1S/C17H15BrN2O5/c18-14-8-7-13(25-14)17(23)24-10-15(21)19-11-3-5-12(6-4-11)20-9-1-2-16(20)22/h3-8H,1-2,9-10H2,(H,19,21). The van der Waals surface area contributed by atoms with Crippen molar-refractivity contribution in [3.8, 4) is 0 Å². The van der Waals surface area contributed by atoms with Crippen LogP contribution in [0.4, 0.5) is 11.4 Å². The Morgan fingerprint density at radius 3 is 2.56 bits per heavy atom. The van der Waals surface area contributed by atoms with Gasteiger partial charge in [0.05, 0.1) is 0 Å². The van der Waals surface area contributed by atoms with Gasteiger partial charge in [0.2, 0.25) is 11.7 Å². The number of benzene rings is 1. The van der Waals surface area contributed by atoms with Crippen molar-refractivity contribution in [3.05, 3.63) is 46.8 Å². The first-order valence-corrected chi connectivity index (χ1v) is 8.45. The molecule has 7 nitrogen and oxygen atoms in total. The number of amides is 2. The molecule has 2 amide bonds. The van der Waals surface area contributed by atoms with Gasteiger partial charge in [-0.05, 0) is 58.7 Å². The van der Waals surface area contributed by atoms with Crippen molar-refractivity contribution >= 4 is 45.1 Å². The summed E-state index contributed by atoms with van der Waals surface area (Å²) in [4.78, 5) is 37.0. The minimum absolute atomic E-state index is 0.0132. The Kier molecular flexibility index (Phi) is 5.18. The number of hydrogen-bond acceptors (Lipinski definition) is 5. The predicted molar refractivity (Wildman–Crippen MR) is 93.3 cm³/mol. The fourth-order valence-electron chi connectivity index (χ4n) is 2.47. The Bertz CT molecular complexity index is 800. The fraction of sp³-hybridized carbons (Fsp3) is 0.235. The van der Waals surface area contributed by atoms with E-state index in [4.69, 9.17) is 9.15 Å². The van der Waals surface area contributed by atoms with E-state index in [0.717, 1.165) is 12.1 Å². The van der Waals surface area contributed by atoms with Gasteiger partial charge in [0, 0.05) is 24.3 Å². The second-order valence-corrected chi connectivity index (χ2v) is 6.21. The van der Waals surface area contributed by atoms with Gasteiger partial charge in [-0.3, -0.25) is 9.59 Å². The molecule has 1 N–H and O–H groups in total. The van der Waals surface area contributed by atoms with Crippen LogP contribution in [0.3, 0.4) is 0 Å². The average molecular weight is 407 g/mol. The Balaban J connectivity index is 1.51. The Labute approximate surface area is 152 Å². The Morgan fingerprint density at radius 2 is 1.96 bits per heavy atom. The highest BCUT2D eigenvalue weighted by Gasteiger charge is 2.21. The summed E-state index contributed by atoms with van der Waals surface area (Å²) >= 11 is 3.08. The van der Waals surface area contributed by atoms with Crippen LogP contribution in [0.1, 0.15) is 23.4 Å². The molecule has 0 radical (unpaired) electrons. The maximum Gasteiger partial charge on any atom is 0.374 e. The van der Waals surface area contributed by atoms with Crippen molar-refractivity contribution in [3.63, 3.8) is 0 Å². The second kappa shape index (κ2) is 7.52. The van der Waals surface area contributed by atoms with Crippen LogP contribution in [-0.4, -0.2) is 30.9 Å². The maximum atomic E-state index is 11.9. The molecule has 0 atom stereocenters. The molecule has 1 aromatic carbocycles. The number of nitrogens with zero attached hydrogens (tertiary/aromatic N) is 1. The number of nitrogens with one attached hydrogen (secondary N) is 1. The quantitative estimate of drug-likeness (QED) is 0.770. The molecule has 0 spiro atoms. The molecule has 0 bridgehead atoms. The number of halogens is 1. The molecule has 130 valence electrons. The summed E-state index contributed by atoms with van der Waals surface area (Å²) in [5.74, 6) is -1.07. The first-order chi connectivity index (χ1) is 12.0. The van der Waals surface area contributed by atoms with Gasteiger partial charge >= 0.3 is 5.97 Å². The van der Waals surface area contributed by atoms with E-state index in [-0.39, 0.29) is 11.7 Å². The lowest BCUT2D eigenvalue weighted by atomic mass is 10.2. The van der Waals surface area contributed by atoms with Crippen LogP contribution in [0.25, 0.3) is 0 Å². The number of carbonyl (C=O) groups is 3. The van der Waals surface area contributed by atoms with Crippen molar-refractivity contribution < 1.29 is 23.5 Å². The number of anilines is 2. The van der Waals surface area contributed by atoms with Crippen LogP contribution < -0.4 is 10.2 Å². The molecule has 2 aromatic rings. The highest BCUT2D eigenvalue weighted by Crippen LogP contribution is 2.23. The minimum Gasteiger partial charge on any atom is -0.450 e. The van der Waals surface area contributed by atoms with Crippen LogP contribution in [0.5, 0.6) is 0 Å². The van der Waals surface area contributed by atoms with E-state index in [1.54, 1.807) is 35.2 Å². The molecular formula is C17H15BrN2O5. The molecule has 2 heterocycles. The van der Waals surface area contributed by atoms with E-state index in [9.17, 15) is 14.4 Å². The largest absolute Gasteiger partial charge is 0.450 e. The van der Waals surface area contributed by atoms with Gasteiger partial charge in [-0.25, -0.2) is 4.79 Å².